The average Bonchev–Trinajstić information content (AvgIpc) is 2.52. The summed E-state index contributed by atoms with van der Waals surface area (Å²) in [6.07, 6.45) is 0. The van der Waals surface area contributed by atoms with Gasteiger partial charge in [0.25, 0.3) is 5.69 Å². The number of aryl methyl sites for hydroxylation is 2. The Kier molecular flexibility index (Phi) is 3.77. The number of rotatable bonds is 2. The molecule has 1 heterocycles. The number of nitro benzene ring substituents is 1. The molecule has 116 valence electrons. The van der Waals surface area contributed by atoms with Crippen molar-refractivity contribution in [1.82, 2.24) is 0 Å². The summed E-state index contributed by atoms with van der Waals surface area (Å²) in [5.41, 5.74) is 3.07. The molecule has 3 aromatic rings. The van der Waals surface area contributed by atoms with Crippen LogP contribution < -0.4 is 5.63 Å². The first kappa shape index (κ1) is 15.4. The highest BCUT2D eigenvalue weighted by Gasteiger charge is 2.16. The summed E-state index contributed by atoms with van der Waals surface area (Å²) in [5.74, 6) is 0. The first-order valence-corrected chi connectivity index (χ1v) is 7.66. The lowest BCUT2D eigenvalue weighted by Gasteiger charge is -2.11. The van der Waals surface area contributed by atoms with Gasteiger partial charge in [0, 0.05) is 33.6 Å². The van der Waals surface area contributed by atoms with E-state index < -0.39 is 10.5 Å². The zero-order valence-corrected chi connectivity index (χ0v) is 14.0. The quantitative estimate of drug-likeness (QED) is 0.369. The van der Waals surface area contributed by atoms with Crippen LogP contribution in [0.2, 0.25) is 0 Å². The minimum atomic E-state index is -0.486. The predicted molar refractivity (Wildman–Crippen MR) is 91.7 cm³/mol. The van der Waals surface area contributed by atoms with E-state index in [1.165, 1.54) is 18.2 Å². The second-order valence-corrected chi connectivity index (χ2v) is 6.09. The third-order valence-electron chi connectivity index (χ3n) is 3.75. The van der Waals surface area contributed by atoms with Crippen molar-refractivity contribution in [1.29, 1.82) is 0 Å². The van der Waals surface area contributed by atoms with Gasteiger partial charge in [-0.25, -0.2) is 4.79 Å². The Labute approximate surface area is 139 Å². The van der Waals surface area contributed by atoms with E-state index in [9.17, 15) is 14.9 Å². The summed E-state index contributed by atoms with van der Waals surface area (Å²) in [6.45, 7) is 3.83. The van der Waals surface area contributed by atoms with Crippen LogP contribution in [0.15, 0.2) is 50.1 Å². The summed E-state index contributed by atoms with van der Waals surface area (Å²) < 4.78 is 6.23. The van der Waals surface area contributed by atoms with Crippen molar-refractivity contribution in [2.45, 2.75) is 13.8 Å². The van der Waals surface area contributed by atoms with Gasteiger partial charge in [-0.1, -0.05) is 28.1 Å². The van der Waals surface area contributed by atoms with Crippen molar-refractivity contribution < 1.29 is 9.34 Å². The molecule has 23 heavy (non-hydrogen) atoms. The van der Waals surface area contributed by atoms with Crippen LogP contribution in [0.3, 0.4) is 0 Å². The van der Waals surface area contributed by atoms with Crippen LogP contribution in [0.1, 0.15) is 11.1 Å². The van der Waals surface area contributed by atoms with Crippen molar-refractivity contribution in [2.75, 3.05) is 0 Å². The van der Waals surface area contributed by atoms with Crippen LogP contribution in [0.4, 0.5) is 5.69 Å². The fraction of sp³-hybridized carbons (Fsp3) is 0.118. The Morgan fingerprint density at radius 3 is 2.61 bits per heavy atom. The number of benzene rings is 2. The molecule has 0 bridgehead atoms. The van der Waals surface area contributed by atoms with E-state index in [1.54, 1.807) is 18.2 Å². The molecule has 0 N–H and O–H groups in total. The van der Waals surface area contributed by atoms with Gasteiger partial charge in [-0.05, 0) is 36.6 Å². The lowest BCUT2D eigenvalue weighted by molar-refractivity contribution is -0.384. The first-order chi connectivity index (χ1) is 10.9. The predicted octanol–water partition coefficient (Wildman–Crippen LogP) is 4.75. The summed E-state index contributed by atoms with van der Waals surface area (Å²) in [4.78, 5) is 22.4. The molecule has 0 aliphatic rings. The number of hydrogen-bond donors (Lipinski definition) is 0. The van der Waals surface area contributed by atoms with Gasteiger partial charge in [0.15, 0.2) is 0 Å². The van der Waals surface area contributed by atoms with Crippen LogP contribution in [-0.2, 0) is 0 Å². The van der Waals surface area contributed by atoms with Crippen molar-refractivity contribution >= 4 is 32.6 Å². The van der Waals surface area contributed by atoms with E-state index >= 15 is 0 Å². The molecule has 0 amide bonds. The first-order valence-electron chi connectivity index (χ1n) is 6.87. The normalized spacial score (nSPS) is 10.9. The minimum Gasteiger partial charge on any atom is -0.423 e. The number of non-ortho nitro benzene ring substituents is 1. The van der Waals surface area contributed by atoms with Crippen molar-refractivity contribution in [2.24, 2.45) is 0 Å². The molecule has 0 unspecified atom stereocenters. The Balaban J connectivity index is 2.42. The lowest BCUT2D eigenvalue weighted by Crippen LogP contribution is -2.00. The third kappa shape index (κ3) is 2.66. The molecule has 6 heteroatoms. The summed E-state index contributed by atoms with van der Waals surface area (Å²) in [7, 11) is 0. The molecule has 0 fully saturated rings. The maximum absolute atomic E-state index is 11.9. The SMILES string of the molecule is Cc1cc2oc(=O)cc(-c3cccc([N+](=O)[O-])c3)c2c(C)c1Br. The molecule has 1 aromatic heterocycles. The van der Waals surface area contributed by atoms with E-state index in [0.717, 1.165) is 21.0 Å². The zero-order valence-electron chi connectivity index (χ0n) is 12.4. The smallest absolute Gasteiger partial charge is 0.336 e. The van der Waals surface area contributed by atoms with Gasteiger partial charge in [0.2, 0.25) is 0 Å². The fourth-order valence-electron chi connectivity index (χ4n) is 2.68. The topological polar surface area (TPSA) is 73.3 Å². The van der Waals surface area contributed by atoms with E-state index in [0.29, 0.717) is 16.7 Å². The molecule has 5 nitrogen and oxygen atoms in total. The van der Waals surface area contributed by atoms with Crippen LogP contribution in [0, 0.1) is 24.0 Å². The molecule has 0 aliphatic carbocycles. The van der Waals surface area contributed by atoms with Gasteiger partial charge in [-0.2, -0.15) is 0 Å². The molecular weight excluding hydrogens is 362 g/mol. The molecule has 0 radical (unpaired) electrons. The molecule has 2 aromatic carbocycles. The standard InChI is InChI=1S/C17H12BrNO4/c1-9-6-14-16(10(2)17(9)18)13(8-15(20)23-14)11-4-3-5-12(7-11)19(21)22/h3-8H,1-2H3. The molecule has 0 atom stereocenters. The van der Waals surface area contributed by atoms with Crippen LogP contribution >= 0.6 is 15.9 Å². The van der Waals surface area contributed by atoms with Crippen molar-refractivity contribution in [3.05, 3.63) is 72.5 Å². The Hall–Kier alpha value is -2.47. The maximum Gasteiger partial charge on any atom is 0.336 e. The minimum absolute atomic E-state index is 0.0206. The average molecular weight is 374 g/mol. The number of hydrogen-bond acceptors (Lipinski definition) is 4. The largest absolute Gasteiger partial charge is 0.423 e. The van der Waals surface area contributed by atoms with Crippen LogP contribution in [0.5, 0.6) is 0 Å². The van der Waals surface area contributed by atoms with E-state index in [1.807, 2.05) is 13.8 Å². The van der Waals surface area contributed by atoms with Gasteiger partial charge in [-0.15, -0.1) is 0 Å². The number of nitro groups is 1. The summed E-state index contributed by atoms with van der Waals surface area (Å²) in [5, 5.41) is 11.8. The summed E-state index contributed by atoms with van der Waals surface area (Å²) in [6, 6.07) is 9.39. The van der Waals surface area contributed by atoms with E-state index in [2.05, 4.69) is 15.9 Å². The molecule has 0 saturated carbocycles. The monoisotopic (exact) mass is 373 g/mol. The highest BCUT2D eigenvalue weighted by molar-refractivity contribution is 9.10. The molecule has 0 aliphatic heterocycles. The van der Waals surface area contributed by atoms with Gasteiger partial charge in [0.05, 0.1) is 4.92 Å². The van der Waals surface area contributed by atoms with Crippen LogP contribution in [0.25, 0.3) is 22.1 Å². The van der Waals surface area contributed by atoms with Crippen molar-refractivity contribution in [3.63, 3.8) is 0 Å². The highest BCUT2D eigenvalue weighted by atomic mass is 79.9. The maximum atomic E-state index is 11.9. The Bertz CT molecular complexity index is 1010. The number of fused-ring (bicyclic) bond motifs is 1. The second-order valence-electron chi connectivity index (χ2n) is 5.29. The number of nitrogens with zero attached hydrogens (tertiary/aromatic N) is 1. The second kappa shape index (κ2) is 5.62. The highest BCUT2D eigenvalue weighted by Crippen LogP contribution is 2.36. The summed E-state index contributed by atoms with van der Waals surface area (Å²) >= 11 is 3.54. The lowest BCUT2D eigenvalue weighted by atomic mass is 9.97. The van der Waals surface area contributed by atoms with Gasteiger partial charge in [0.1, 0.15) is 5.58 Å². The third-order valence-corrected chi connectivity index (χ3v) is 4.97. The van der Waals surface area contributed by atoms with E-state index in [-0.39, 0.29) is 5.69 Å². The molecule has 3 rings (SSSR count). The van der Waals surface area contributed by atoms with Crippen LogP contribution in [-0.4, -0.2) is 4.92 Å². The van der Waals surface area contributed by atoms with Gasteiger partial charge < -0.3 is 4.42 Å². The van der Waals surface area contributed by atoms with E-state index in [4.69, 9.17) is 4.42 Å². The van der Waals surface area contributed by atoms with Crippen molar-refractivity contribution in [3.8, 4) is 11.1 Å². The molecule has 0 spiro atoms. The number of halogens is 1. The Morgan fingerprint density at radius 1 is 1.17 bits per heavy atom. The molecular formula is C17H12BrNO4. The van der Waals surface area contributed by atoms with Gasteiger partial charge in [-0.3, -0.25) is 10.1 Å². The molecule has 0 saturated heterocycles. The fourth-order valence-corrected chi connectivity index (χ4v) is 2.99. The van der Waals surface area contributed by atoms with Gasteiger partial charge >= 0.3 is 5.63 Å². The zero-order chi connectivity index (χ0) is 16.7. The Morgan fingerprint density at radius 2 is 1.91 bits per heavy atom.